The molecule has 0 aromatic carbocycles. The third kappa shape index (κ3) is 3.88. The van der Waals surface area contributed by atoms with Gasteiger partial charge >= 0.3 is 11.9 Å². The molecule has 0 fully saturated rings. The van der Waals surface area contributed by atoms with E-state index in [-0.39, 0.29) is 13.2 Å². The van der Waals surface area contributed by atoms with E-state index < -0.39 is 17.9 Å². The van der Waals surface area contributed by atoms with Gasteiger partial charge < -0.3 is 9.47 Å². The average Bonchev–Trinajstić information content (AvgIpc) is 2.31. The highest BCUT2D eigenvalue weighted by Gasteiger charge is 2.33. The second kappa shape index (κ2) is 7.09. The van der Waals surface area contributed by atoms with Gasteiger partial charge in [0, 0.05) is 0 Å². The maximum Gasteiger partial charge on any atom is 0.324 e. The maximum absolute atomic E-state index is 11.8. The summed E-state index contributed by atoms with van der Waals surface area (Å²) in [6.45, 7) is 4.02. The zero-order valence-corrected chi connectivity index (χ0v) is 10.5. The summed E-state index contributed by atoms with van der Waals surface area (Å²) in [7, 11) is 0. The Balaban J connectivity index is 2.80. The first-order valence-electron chi connectivity index (χ1n) is 6.22. The molecule has 0 aromatic rings. The van der Waals surface area contributed by atoms with Gasteiger partial charge in [0.2, 0.25) is 0 Å². The van der Waals surface area contributed by atoms with Gasteiger partial charge in [0.25, 0.3) is 0 Å². The molecular weight excluding hydrogens is 220 g/mol. The molecule has 1 rings (SSSR count). The molecule has 17 heavy (non-hydrogen) atoms. The molecule has 96 valence electrons. The van der Waals surface area contributed by atoms with E-state index in [0.717, 1.165) is 31.3 Å². The third-order valence-electron chi connectivity index (χ3n) is 2.74. The minimum atomic E-state index is -0.852. The molecule has 0 heterocycles. The molecule has 0 amide bonds. The predicted molar refractivity (Wildman–Crippen MR) is 63.3 cm³/mol. The summed E-state index contributed by atoms with van der Waals surface area (Å²) in [6.07, 6.45) is 5.80. The van der Waals surface area contributed by atoms with Gasteiger partial charge in [0.15, 0.2) is 5.92 Å². The van der Waals surface area contributed by atoms with Crippen molar-refractivity contribution in [1.29, 1.82) is 0 Å². The first-order valence-corrected chi connectivity index (χ1v) is 6.22. The predicted octanol–water partition coefficient (Wildman–Crippen LogP) is 2.23. The molecule has 0 saturated carbocycles. The van der Waals surface area contributed by atoms with E-state index in [1.54, 1.807) is 13.8 Å². The van der Waals surface area contributed by atoms with Crippen molar-refractivity contribution in [2.24, 2.45) is 5.92 Å². The number of rotatable bonds is 5. The van der Waals surface area contributed by atoms with Crippen LogP contribution in [0.3, 0.4) is 0 Å². The van der Waals surface area contributed by atoms with Crippen molar-refractivity contribution < 1.29 is 19.1 Å². The van der Waals surface area contributed by atoms with Crippen molar-refractivity contribution >= 4 is 11.9 Å². The fourth-order valence-corrected chi connectivity index (χ4v) is 1.98. The molecule has 0 aliphatic heterocycles. The summed E-state index contributed by atoms with van der Waals surface area (Å²) < 4.78 is 9.89. The van der Waals surface area contributed by atoms with Crippen LogP contribution < -0.4 is 0 Å². The van der Waals surface area contributed by atoms with Crippen LogP contribution in [0.1, 0.15) is 39.5 Å². The van der Waals surface area contributed by atoms with Crippen LogP contribution in [-0.2, 0) is 19.1 Å². The molecule has 4 heteroatoms. The number of carbonyl (C=O) groups is 2. The smallest absolute Gasteiger partial charge is 0.324 e. The van der Waals surface area contributed by atoms with Crippen LogP contribution in [0.25, 0.3) is 0 Å². The lowest BCUT2D eigenvalue weighted by Crippen LogP contribution is -2.30. The highest BCUT2D eigenvalue weighted by Crippen LogP contribution is 2.26. The van der Waals surface area contributed by atoms with Crippen LogP contribution in [0.4, 0.5) is 0 Å². The second-order valence-electron chi connectivity index (χ2n) is 3.96. The van der Waals surface area contributed by atoms with Crippen LogP contribution in [0.15, 0.2) is 11.6 Å². The highest BCUT2D eigenvalue weighted by atomic mass is 16.6. The Morgan fingerprint density at radius 2 is 1.76 bits per heavy atom. The fraction of sp³-hybridized carbons (Fsp3) is 0.692. The average molecular weight is 240 g/mol. The fourth-order valence-electron chi connectivity index (χ4n) is 1.98. The van der Waals surface area contributed by atoms with Gasteiger partial charge in [-0.3, -0.25) is 9.59 Å². The largest absolute Gasteiger partial charge is 0.465 e. The summed E-state index contributed by atoms with van der Waals surface area (Å²) in [5.41, 5.74) is 0.855. The molecule has 1 aliphatic carbocycles. The Bertz CT molecular complexity index is 289. The molecule has 0 spiro atoms. The van der Waals surface area contributed by atoms with Gasteiger partial charge in [-0.15, -0.1) is 0 Å². The van der Waals surface area contributed by atoms with Gasteiger partial charge in [-0.2, -0.15) is 0 Å². The van der Waals surface area contributed by atoms with E-state index in [4.69, 9.17) is 9.47 Å². The molecule has 0 N–H and O–H groups in total. The molecule has 0 aromatic heterocycles. The minimum Gasteiger partial charge on any atom is -0.465 e. The summed E-state index contributed by atoms with van der Waals surface area (Å²) in [6, 6.07) is 0. The van der Waals surface area contributed by atoms with E-state index >= 15 is 0 Å². The SMILES string of the molecule is CCOC(=O)C(C(=O)OCC)C1=CCCCC1. The topological polar surface area (TPSA) is 52.6 Å². The standard InChI is InChI=1S/C13H20O4/c1-3-16-12(14)11(13(15)17-4-2)10-8-6-5-7-9-10/h8,11H,3-7,9H2,1-2H3. The van der Waals surface area contributed by atoms with E-state index in [2.05, 4.69) is 0 Å². The number of allylic oxidation sites excluding steroid dienone is 1. The van der Waals surface area contributed by atoms with Crippen molar-refractivity contribution in [1.82, 2.24) is 0 Å². The molecule has 0 unspecified atom stereocenters. The lowest BCUT2D eigenvalue weighted by Gasteiger charge is -2.20. The summed E-state index contributed by atoms with van der Waals surface area (Å²) in [5.74, 6) is -1.83. The van der Waals surface area contributed by atoms with E-state index in [0.29, 0.717) is 0 Å². The molecule has 0 radical (unpaired) electrons. The third-order valence-corrected chi connectivity index (χ3v) is 2.74. The van der Waals surface area contributed by atoms with Crippen LogP contribution in [0.2, 0.25) is 0 Å². The number of esters is 2. The van der Waals surface area contributed by atoms with Crippen molar-refractivity contribution in [3.63, 3.8) is 0 Å². The van der Waals surface area contributed by atoms with Gasteiger partial charge in [-0.25, -0.2) is 0 Å². The van der Waals surface area contributed by atoms with Crippen molar-refractivity contribution in [2.75, 3.05) is 13.2 Å². The zero-order valence-electron chi connectivity index (χ0n) is 10.5. The first-order chi connectivity index (χ1) is 8.20. The van der Waals surface area contributed by atoms with Crippen LogP contribution in [-0.4, -0.2) is 25.2 Å². The second-order valence-corrected chi connectivity index (χ2v) is 3.96. The Hall–Kier alpha value is -1.32. The van der Waals surface area contributed by atoms with Gasteiger partial charge in [0.1, 0.15) is 0 Å². The van der Waals surface area contributed by atoms with Gasteiger partial charge in [0.05, 0.1) is 13.2 Å². The Labute approximate surface area is 102 Å². The van der Waals surface area contributed by atoms with Crippen molar-refractivity contribution in [2.45, 2.75) is 39.5 Å². The van der Waals surface area contributed by atoms with Crippen molar-refractivity contribution in [3.05, 3.63) is 11.6 Å². The van der Waals surface area contributed by atoms with Crippen LogP contribution >= 0.6 is 0 Å². The van der Waals surface area contributed by atoms with Crippen molar-refractivity contribution in [3.8, 4) is 0 Å². The van der Waals surface area contributed by atoms with Crippen LogP contribution in [0, 0.1) is 5.92 Å². The Morgan fingerprint density at radius 3 is 2.18 bits per heavy atom. The quantitative estimate of drug-likeness (QED) is 0.420. The molecule has 1 aliphatic rings. The first kappa shape index (κ1) is 13.7. The normalized spacial score (nSPS) is 15.4. The molecule has 0 bridgehead atoms. The molecule has 4 nitrogen and oxygen atoms in total. The van der Waals surface area contributed by atoms with Crippen LogP contribution in [0.5, 0.6) is 0 Å². The van der Waals surface area contributed by atoms with E-state index in [9.17, 15) is 9.59 Å². The lowest BCUT2D eigenvalue weighted by atomic mass is 9.89. The Morgan fingerprint density at radius 1 is 1.18 bits per heavy atom. The maximum atomic E-state index is 11.8. The minimum absolute atomic E-state index is 0.280. The summed E-state index contributed by atoms with van der Waals surface area (Å²) in [4.78, 5) is 23.6. The summed E-state index contributed by atoms with van der Waals surface area (Å²) in [5, 5.41) is 0. The number of ether oxygens (including phenoxy) is 2. The number of hydrogen-bond acceptors (Lipinski definition) is 4. The lowest BCUT2D eigenvalue weighted by molar-refractivity contribution is -0.159. The zero-order chi connectivity index (χ0) is 12.7. The van der Waals surface area contributed by atoms with E-state index in [1.807, 2.05) is 6.08 Å². The molecule has 0 atom stereocenters. The number of carbonyl (C=O) groups excluding carboxylic acids is 2. The summed E-state index contributed by atoms with van der Waals surface area (Å²) >= 11 is 0. The molecular formula is C13H20O4. The highest BCUT2D eigenvalue weighted by molar-refractivity contribution is 5.98. The van der Waals surface area contributed by atoms with E-state index in [1.165, 1.54) is 0 Å². The monoisotopic (exact) mass is 240 g/mol. The molecule has 0 saturated heterocycles. The number of hydrogen-bond donors (Lipinski definition) is 0. The Kier molecular flexibility index (Phi) is 5.73. The van der Waals surface area contributed by atoms with Gasteiger partial charge in [-0.05, 0) is 45.1 Å². The van der Waals surface area contributed by atoms with Gasteiger partial charge in [-0.1, -0.05) is 6.08 Å².